The molecule has 0 spiro atoms. The molecule has 2 amide bonds. The number of rotatable bonds is 4. The second-order valence-corrected chi connectivity index (χ2v) is 5.54. The summed E-state index contributed by atoms with van der Waals surface area (Å²) >= 11 is 0. The molecule has 2 heterocycles. The van der Waals surface area contributed by atoms with Crippen molar-refractivity contribution in [3.05, 3.63) is 47.7 Å². The van der Waals surface area contributed by atoms with Crippen LogP contribution in [-0.2, 0) is 0 Å². The lowest BCUT2D eigenvalue weighted by molar-refractivity contribution is 0.0566. The Morgan fingerprint density at radius 1 is 1.36 bits per heavy atom. The molecular formula is C16H15F3N4O2. The number of hydrogen-bond acceptors (Lipinski definition) is 3. The summed E-state index contributed by atoms with van der Waals surface area (Å²) in [5.74, 6) is 0.108. The minimum absolute atomic E-state index is 0.133. The molecule has 0 fully saturated rings. The monoisotopic (exact) mass is 352 g/mol. The van der Waals surface area contributed by atoms with Gasteiger partial charge in [0.1, 0.15) is 17.2 Å². The van der Waals surface area contributed by atoms with E-state index in [9.17, 15) is 18.0 Å². The molecule has 1 atom stereocenters. The Balaban J connectivity index is 1.72. The van der Waals surface area contributed by atoms with E-state index in [0.717, 1.165) is 12.4 Å². The number of carbonyl (C=O) groups is 1. The number of hydrogen-bond donors (Lipinski definition) is 2. The second-order valence-electron chi connectivity index (χ2n) is 5.54. The molecule has 0 aliphatic rings. The van der Waals surface area contributed by atoms with Gasteiger partial charge in [-0.05, 0) is 32.0 Å². The molecule has 9 heteroatoms. The van der Waals surface area contributed by atoms with Gasteiger partial charge in [0.25, 0.3) is 0 Å². The number of nitrogens with one attached hydrogen (secondary N) is 2. The normalized spacial score (nSPS) is 12.6. The lowest BCUT2D eigenvalue weighted by atomic mass is 10.1. The highest BCUT2D eigenvalue weighted by Crippen LogP contribution is 2.30. The first kappa shape index (κ1) is 16.9. The summed E-state index contributed by atoms with van der Waals surface area (Å²) < 4.78 is 44.4. The fraction of sp³-hybridized carbons (Fsp3) is 0.250. The minimum Gasteiger partial charge on any atom is -0.459 e. The number of aryl methyl sites for hydroxylation is 1. The summed E-state index contributed by atoms with van der Waals surface area (Å²) in [5, 5.41) is 9.10. The summed E-state index contributed by atoms with van der Waals surface area (Å²) in [6.07, 6.45) is 2.13. The Bertz CT molecular complexity index is 919. The van der Waals surface area contributed by atoms with Crippen molar-refractivity contribution in [2.24, 2.45) is 0 Å². The van der Waals surface area contributed by atoms with Crippen molar-refractivity contribution in [2.75, 3.05) is 5.32 Å². The summed E-state index contributed by atoms with van der Waals surface area (Å²) in [6, 6.07) is 3.06. The molecule has 3 rings (SSSR count). The van der Waals surface area contributed by atoms with E-state index in [4.69, 9.17) is 4.42 Å². The van der Waals surface area contributed by atoms with Gasteiger partial charge in [-0.15, -0.1) is 0 Å². The van der Waals surface area contributed by atoms with E-state index in [-0.39, 0.29) is 11.5 Å². The summed E-state index contributed by atoms with van der Waals surface area (Å²) in [6.45, 7) is 0.684. The minimum atomic E-state index is -2.78. The second kappa shape index (κ2) is 6.50. The molecule has 132 valence electrons. The zero-order valence-electron chi connectivity index (χ0n) is 13.4. The molecule has 1 aromatic carbocycles. The zero-order chi connectivity index (χ0) is 18.1. The van der Waals surface area contributed by atoms with Gasteiger partial charge in [0.05, 0.1) is 24.1 Å². The lowest BCUT2D eigenvalue weighted by Crippen LogP contribution is -2.31. The largest absolute Gasteiger partial charge is 0.459 e. The third kappa shape index (κ3) is 3.44. The van der Waals surface area contributed by atoms with Crippen molar-refractivity contribution in [2.45, 2.75) is 26.4 Å². The molecule has 0 saturated carbocycles. The smallest absolute Gasteiger partial charge is 0.333 e. The van der Waals surface area contributed by atoms with E-state index in [2.05, 4.69) is 15.7 Å². The number of anilines is 1. The van der Waals surface area contributed by atoms with E-state index >= 15 is 0 Å². The van der Waals surface area contributed by atoms with E-state index in [0.29, 0.717) is 27.0 Å². The molecule has 6 nitrogen and oxygen atoms in total. The number of benzene rings is 1. The lowest BCUT2D eigenvalue weighted by Gasteiger charge is -2.12. The van der Waals surface area contributed by atoms with Crippen LogP contribution >= 0.6 is 0 Å². The number of aromatic nitrogens is 2. The highest BCUT2D eigenvalue weighted by molar-refractivity contribution is 5.89. The molecule has 0 aliphatic heterocycles. The van der Waals surface area contributed by atoms with Crippen molar-refractivity contribution < 1.29 is 22.4 Å². The maximum Gasteiger partial charge on any atom is 0.333 e. The first-order valence-electron chi connectivity index (χ1n) is 7.43. The van der Waals surface area contributed by atoms with E-state index < -0.39 is 18.6 Å². The highest BCUT2D eigenvalue weighted by Gasteiger charge is 2.19. The Kier molecular flexibility index (Phi) is 4.39. The predicted octanol–water partition coefficient (Wildman–Crippen LogP) is 4.35. The van der Waals surface area contributed by atoms with Crippen LogP contribution in [0, 0.1) is 12.7 Å². The topological polar surface area (TPSA) is 72.1 Å². The summed E-state index contributed by atoms with van der Waals surface area (Å²) in [4.78, 5) is 12.0. The molecule has 25 heavy (non-hydrogen) atoms. The third-order valence-corrected chi connectivity index (χ3v) is 3.74. The Labute approximate surface area is 140 Å². The molecule has 0 unspecified atom stereocenters. The van der Waals surface area contributed by atoms with Crippen LogP contribution in [0.5, 0.6) is 0 Å². The quantitative estimate of drug-likeness (QED) is 0.733. The average Bonchev–Trinajstić information content (AvgIpc) is 3.13. The van der Waals surface area contributed by atoms with Crippen molar-refractivity contribution in [3.63, 3.8) is 0 Å². The molecule has 0 aliphatic carbocycles. The number of fused-ring (bicyclic) bond motifs is 1. The highest BCUT2D eigenvalue weighted by atomic mass is 19.3. The van der Waals surface area contributed by atoms with Gasteiger partial charge in [0.15, 0.2) is 0 Å². The summed E-state index contributed by atoms with van der Waals surface area (Å²) in [7, 11) is 0. The van der Waals surface area contributed by atoms with Crippen LogP contribution in [0.1, 0.15) is 30.8 Å². The number of furan rings is 1. The SMILES string of the molecule is Cc1c([C@@H](C)NC(=O)Nc2cnn(C(F)F)c2)oc2ccc(F)cc12. The number of halogens is 3. The van der Waals surface area contributed by atoms with Crippen LogP contribution in [0.25, 0.3) is 11.0 Å². The number of alkyl halides is 2. The maximum atomic E-state index is 13.4. The van der Waals surface area contributed by atoms with Gasteiger partial charge in [0.2, 0.25) is 0 Å². The van der Waals surface area contributed by atoms with E-state index in [1.54, 1.807) is 13.8 Å². The van der Waals surface area contributed by atoms with Crippen LogP contribution in [0.15, 0.2) is 35.0 Å². The molecular weight excluding hydrogens is 337 g/mol. The van der Waals surface area contributed by atoms with Crippen LogP contribution < -0.4 is 10.6 Å². The molecule has 0 radical (unpaired) electrons. The number of carbonyl (C=O) groups excluding carboxylic acids is 1. The van der Waals surface area contributed by atoms with Crippen LogP contribution in [0.2, 0.25) is 0 Å². The first-order chi connectivity index (χ1) is 11.8. The summed E-state index contributed by atoms with van der Waals surface area (Å²) in [5.41, 5.74) is 1.36. The van der Waals surface area contributed by atoms with Gasteiger partial charge in [-0.3, -0.25) is 0 Å². The molecule has 3 aromatic rings. The predicted molar refractivity (Wildman–Crippen MR) is 85.0 cm³/mol. The Hall–Kier alpha value is -2.97. The van der Waals surface area contributed by atoms with Crippen LogP contribution in [0.4, 0.5) is 23.7 Å². The molecule has 0 saturated heterocycles. The molecule has 2 aromatic heterocycles. The van der Waals surface area contributed by atoms with Gasteiger partial charge in [-0.25, -0.2) is 13.9 Å². The fourth-order valence-corrected chi connectivity index (χ4v) is 2.56. The Morgan fingerprint density at radius 2 is 2.12 bits per heavy atom. The van der Waals surface area contributed by atoms with Gasteiger partial charge in [0, 0.05) is 10.9 Å². The zero-order valence-corrected chi connectivity index (χ0v) is 13.4. The molecule has 0 bridgehead atoms. The fourth-order valence-electron chi connectivity index (χ4n) is 2.56. The van der Waals surface area contributed by atoms with Crippen molar-refractivity contribution >= 4 is 22.7 Å². The Morgan fingerprint density at radius 3 is 2.80 bits per heavy atom. The maximum absolute atomic E-state index is 13.4. The van der Waals surface area contributed by atoms with Gasteiger partial charge >= 0.3 is 12.6 Å². The number of nitrogens with zero attached hydrogens (tertiary/aromatic N) is 2. The molecule has 2 N–H and O–H groups in total. The number of urea groups is 1. The third-order valence-electron chi connectivity index (χ3n) is 3.74. The first-order valence-corrected chi connectivity index (χ1v) is 7.43. The van der Waals surface area contributed by atoms with Crippen LogP contribution in [0.3, 0.4) is 0 Å². The van der Waals surface area contributed by atoms with Gasteiger partial charge in [-0.1, -0.05) is 0 Å². The van der Waals surface area contributed by atoms with Gasteiger partial charge in [-0.2, -0.15) is 13.9 Å². The van der Waals surface area contributed by atoms with E-state index in [1.807, 2.05) is 0 Å². The van der Waals surface area contributed by atoms with Crippen molar-refractivity contribution in [1.29, 1.82) is 0 Å². The standard InChI is InChI=1S/C16H15F3N4O2/c1-8-12-5-10(17)3-4-13(12)25-14(8)9(2)21-16(24)22-11-6-20-23(7-11)15(18)19/h3-7,9,15H,1-2H3,(H2,21,22,24)/t9-/m1/s1. The number of amides is 2. The van der Waals surface area contributed by atoms with Crippen molar-refractivity contribution in [1.82, 2.24) is 15.1 Å². The van der Waals surface area contributed by atoms with Crippen molar-refractivity contribution in [3.8, 4) is 0 Å². The average molecular weight is 352 g/mol. The van der Waals surface area contributed by atoms with Gasteiger partial charge < -0.3 is 15.1 Å². The van der Waals surface area contributed by atoms with Crippen LogP contribution in [-0.4, -0.2) is 15.8 Å². The van der Waals surface area contributed by atoms with E-state index in [1.165, 1.54) is 18.2 Å².